The fraction of sp³-hybridized carbons (Fsp3) is 0.111. The summed E-state index contributed by atoms with van der Waals surface area (Å²) in [7, 11) is 0. The largest absolute Gasteiger partial charge is 0.494 e. The number of nitrogens with zero attached hydrogens (tertiary/aromatic N) is 1. The second-order valence-electron chi connectivity index (χ2n) is 7.91. The summed E-state index contributed by atoms with van der Waals surface area (Å²) < 4.78 is 11.7. The molecule has 0 spiro atoms. The molecule has 194 valence electrons. The number of barbiturate groups is 1. The van der Waals surface area contributed by atoms with E-state index in [1.165, 1.54) is 6.08 Å². The van der Waals surface area contributed by atoms with Gasteiger partial charge in [-0.2, -0.15) is 0 Å². The summed E-state index contributed by atoms with van der Waals surface area (Å²) in [5, 5.41) is 5.41. The van der Waals surface area contributed by atoms with Crippen LogP contribution in [0, 0.1) is 0 Å². The van der Waals surface area contributed by atoms with E-state index >= 15 is 0 Å². The van der Waals surface area contributed by atoms with Crippen molar-refractivity contribution in [1.82, 2.24) is 5.32 Å². The average molecular weight is 599 g/mol. The minimum atomic E-state index is -0.870. The smallest absolute Gasteiger partial charge is 0.335 e. The highest BCUT2D eigenvalue weighted by Crippen LogP contribution is 2.29. The highest BCUT2D eigenvalue weighted by Gasteiger charge is 2.37. The summed E-state index contributed by atoms with van der Waals surface area (Å²) >= 11 is 9.23. The lowest BCUT2D eigenvalue weighted by Crippen LogP contribution is -2.54. The molecule has 9 nitrogen and oxygen atoms in total. The van der Waals surface area contributed by atoms with Crippen LogP contribution < -0.4 is 25.0 Å². The number of urea groups is 1. The Morgan fingerprint density at radius 2 is 1.74 bits per heavy atom. The van der Waals surface area contributed by atoms with E-state index in [9.17, 15) is 19.2 Å². The maximum absolute atomic E-state index is 13.3. The van der Waals surface area contributed by atoms with Gasteiger partial charge in [-0.3, -0.25) is 19.7 Å². The molecule has 2 N–H and O–H groups in total. The van der Waals surface area contributed by atoms with E-state index in [4.69, 9.17) is 21.1 Å². The van der Waals surface area contributed by atoms with Crippen molar-refractivity contribution >= 4 is 68.7 Å². The van der Waals surface area contributed by atoms with Gasteiger partial charge in [0, 0.05) is 20.7 Å². The summed E-state index contributed by atoms with van der Waals surface area (Å²) in [4.78, 5) is 51.7. The first-order valence-corrected chi connectivity index (χ1v) is 12.5. The van der Waals surface area contributed by atoms with E-state index in [1.807, 2.05) is 6.92 Å². The molecule has 38 heavy (non-hydrogen) atoms. The number of amides is 5. The first-order chi connectivity index (χ1) is 18.2. The number of carbonyl (C=O) groups is 4. The van der Waals surface area contributed by atoms with E-state index in [2.05, 4.69) is 26.6 Å². The molecule has 0 aliphatic carbocycles. The number of halogens is 2. The van der Waals surface area contributed by atoms with E-state index in [-0.39, 0.29) is 23.6 Å². The zero-order valence-electron chi connectivity index (χ0n) is 20.0. The van der Waals surface area contributed by atoms with Crippen LogP contribution in [-0.2, 0) is 14.4 Å². The lowest BCUT2D eigenvalue weighted by Gasteiger charge is -2.26. The molecule has 4 rings (SSSR count). The van der Waals surface area contributed by atoms with Crippen LogP contribution in [0.2, 0.25) is 5.02 Å². The number of hydrogen-bond donors (Lipinski definition) is 2. The summed E-state index contributed by atoms with van der Waals surface area (Å²) in [5.74, 6) is -1.27. The number of hydrogen-bond acceptors (Lipinski definition) is 6. The quantitative estimate of drug-likeness (QED) is 0.273. The Hall–Kier alpha value is -4.15. The minimum absolute atomic E-state index is 0.247. The third-order valence-corrected chi connectivity index (χ3v) is 6.01. The minimum Gasteiger partial charge on any atom is -0.494 e. The van der Waals surface area contributed by atoms with Crippen molar-refractivity contribution in [3.8, 4) is 11.5 Å². The molecule has 5 amide bonds. The molecular weight excluding hydrogens is 578 g/mol. The number of benzene rings is 3. The van der Waals surface area contributed by atoms with Crippen molar-refractivity contribution in [2.75, 3.05) is 23.4 Å². The standard InChI is InChI=1S/C27H21BrClN3O6/c1-2-37-21-10-8-20(9-11-21)32-26(35)22(25(34)31-27(32)36)14-16-13-17(28)3-12-23(16)38-15-24(33)30-19-6-4-18(29)5-7-19/h3-14H,2,15H2,1H3,(H,30,33)(H,31,34,36)/b22-14+. The fourth-order valence-corrected chi connectivity index (χ4v) is 4.05. The molecular formula is C27H21BrClN3O6. The first-order valence-electron chi connectivity index (χ1n) is 11.4. The number of ether oxygens (including phenoxy) is 2. The zero-order valence-corrected chi connectivity index (χ0v) is 22.3. The Morgan fingerprint density at radius 3 is 2.42 bits per heavy atom. The molecule has 1 fully saturated rings. The third-order valence-electron chi connectivity index (χ3n) is 5.27. The van der Waals surface area contributed by atoms with Gasteiger partial charge in [0.15, 0.2) is 6.61 Å². The highest BCUT2D eigenvalue weighted by atomic mass is 79.9. The second kappa shape index (κ2) is 11.9. The van der Waals surface area contributed by atoms with Crippen molar-refractivity contribution in [1.29, 1.82) is 0 Å². The molecule has 11 heteroatoms. The average Bonchev–Trinajstić information content (AvgIpc) is 2.88. The van der Waals surface area contributed by atoms with Crippen molar-refractivity contribution in [3.05, 3.63) is 87.4 Å². The van der Waals surface area contributed by atoms with Gasteiger partial charge in [0.25, 0.3) is 17.7 Å². The predicted molar refractivity (Wildman–Crippen MR) is 146 cm³/mol. The monoisotopic (exact) mass is 597 g/mol. The van der Waals surface area contributed by atoms with Crippen LogP contribution in [0.1, 0.15) is 12.5 Å². The van der Waals surface area contributed by atoms with Crippen LogP contribution in [-0.4, -0.2) is 37.0 Å². The van der Waals surface area contributed by atoms with Gasteiger partial charge in [-0.15, -0.1) is 0 Å². The molecule has 0 saturated carbocycles. The van der Waals surface area contributed by atoms with Gasteiger partial charge in [0.2, 0.25) is 0 Å². The van der Waals surface area contributed by atoms with Crippen LogP contribution in [0.25, 0.3) is 6.08 Å². The van der Waals surface area contributed by atoms with Gasteiger partial charge in [0.05, 0.1) is 12.3 Å². The maximum Gasteiger partial charge on any atom is 0.335 e. The maximum atomic E-state index is 13.3. The molecule has 0 atom stereocenters. The molecule has 0 bridgehead atoms. The molecule has 3 aromatic carbocycles. The molecule has 1 aliphatic heterocycles. The molecule has 3 aromatic rings. The number of carbonyl (C=O) groups excluding carboxylic acids is 4. The van der Waals surface area contributed by atoms with Crippen LogP contribution in [0.5, 0.6) is 11.5 Å². The van der Waals surface area contributed by atoms with Crippen LogP contribution in [0.15, 0.2) is 76.8 Å². The summed E-state index contributed by atoms with van der Waals surface area (Å²) in [6, 6.07) is 17.0. The van der Waals surface area contributed by atoms with E-state index in [1.54, 1.807) is 66.7 Å². The second-order valence-corrected chi connectivity index (χ2v) is 9.26. The summed E-state index contributed by atoms with van der Waals surface area (Å²) in [6.07, 6.45) is 1.31. The Labute approximate surface area is 231 Å². The van der Waals surface area contributed by atoms with Gasteiger partial charge in [-0.25, -0.2) is 9.69 Å². The topological polar surface area (TPSA) is 114 Å². The van der Waals surface area contributed by atoms with Crippen molar-refractivity contribution in [2.45, 2.75) is 6.92 Å². The van der Waals surface area contributed by atoms with Gasteiger partial charge in [-0.05, 0) is 79.7 Å². The Kier molecular flexibility index (Phi) is 8.45. The zero-order chi connectivity index (χ0) is 27.2. The number of anilines is 2. The van der Waals surface area contributed by atoms with E-state index in [0.717, 1.165) is 4.90 Å². The van der Waals surface area contributed by atoms with Crippen LogP contribution in [0.3, 0.4) is 0 Å². The van der Waals surface area contributed by atoms with E-state index < -0.39 is 23.8 Å². The van der Waals surface area contributed by atoms with Crippen LogP contribution >= 0.6 is 27.5 Å². The van der Waals surface area contributed by atoms with Gasteiger partial charge >= 0.3 is 6.03 Å². The van der Waals surface area contributed by atoms with Crippen molar-refractivity contribution < 1.29 is 28.7 Å². The molecule has 0 aromatic heterocycles. The molecule has 1 saturated heterocycles. The molecule has 1 aliphatic rings. The molecule has 0 unspecified atom stereocenters. The predicted octanol–water partition coefficient (Wildman–Crippen LogP) is 5.19. The van der Waals surface area contributed by atoms with Gasteiger partial charge < -0.3 is 14.8 Å². The number of rotatable bonds is 8. The number of imide groups is 2. The first kappa shape index (κ1) is 26.9. The highest BCUT2D eigenvalue weighted by molar-refractivity contribution is 9.10. The normalized spacial score (nSPS) is 14.3. The molecule has 1 heterocycles. The Morgan fingerprint density at radius 1 is 1.03 bits per heavy atom. The van der Waals surface area contributed by atoms with Gasteiger partial charge in [0.1, 0.15) is 17.1 Å². The fourth-order valence-electron chi connectivity index (χ4n) is 3.54. The van der Waals surface area contributed by atoms with E-state index in [0.29, 0.717) is 33.1 Å². The van der Waals surface area contributed by atoms with Crippen molar-refractivity contribution in [2.24, 2.45) is 0 Å². The van der Waals surface area contributed by atoms with Gasteiger partial charge in [-0.1, -0.05) is 27.5 Å². The Bertz CT molecular complexity index is 1420. The Balaban J connectivity index is 1.56. The summed E-state index contributed by atoms with van der Waals surface area (Å²) in [6.45, 7) is 1.96. The lowest BCUT2D eigenvalue weighted by atomic mass is 10.1. The lowest BCUT2D eigenvalue weighted by molar-refractivity contribution is -0.122. The molecule has 0 radical (unpaired) electrons. The van der Waals surface area contributed by atoms with Crippen LogP contribution in [0.4, 0.5) is 16.2 Å². The van der Waals surface area contributed by atoms with Crippen molar-refractivity contribution in [3.63, 3.8) is 0 Å². The number of nitrogens with one attached hydrogen (secondary N) is 2. The summed E-state index contributed by atoms with van der Waals surface area (Å²) in [5.41, 5.74) is 0.869. The SMILES string of the molecule is CCOc1ccc(N2C(=O)NC(=O)/C(=C\c3cc(Br)ccc3OCC(=O)Nc3ccc(Cl)cc3)C2=O)cc1. The third kappa shape index (κ3) is 6.39.